The summed E-state index contributed by atoms with van der Waals surface area (Å²) < 4.78 is 61.1. The minimum atomic E-state index is -4.54. The maximum absolute atomic E-state index is 13.1. The monoisotopic (exact) mass is 825 g/mol. The molecule has 5 atom stereocenters. The number of pyridine rings is 1. The molecule has 14 heteroatoms. The Kier molecular flexibility index (Phi) is 17.8. The summed E-state index contributed by atoms with van der Waals surface area (Å²) in [5, 5.41) is 31.6. The lowest BCUT2D eigenvalue weighted by atomic mass is 9.89. The Morgan fingerprint density at radius 2 is 1.61 bits per heavy atom. The number of aryl methyl sites for hydroxylation is 1. The molecule has 0 amide bonds. The number of rotatable bonds is 20. The van der Waals surface area contributed by atoms with Crippen LogP contribution in [0.3, 0.4) is 0 Å². The molecule has 1 fully saturated rings. The summed E-state index contributed by atoms with van der Waals surface area (Å²) in [7, 11) is 0. The molecule has 0 aliphatic heterocycles. The van der Waals surface area contributed by atoms with Gasteiger partial charge < -0.3 is 34.3 Å². The van der Waals surface area contributed by atoms with Gasteiger partial charge in [-0.1, -0.05) is 42.2 Å². The molecular weight excluding hydrogens is 771 g/mol. The van der Waals surface area contributed by atoms with E-state index < -0.39 is 64.7 Å². The summed E-state index contributed by atoms with van der Waals surface area (Å²) in [6.07, 6.45) is 13.0. The molecule has 0 saturated heterocycles. The first-order valence-corrected chi connectivity index (χ1v) is 19.3. The van der Waals surface area contributed by atoms with Gasteiger partial charge in [0.15, 0.2) is 5.75 Å². The molecule has 1 aromatic heterocycles. The maximum atomic E-state index is 13.1. The first-order chi connectivity index (χ1) is 27.6. The van der Waals surface area contributed by atoms with Gasteiger partial charge in [-0.15, -0.1) is 12.8 Å². The van der Waals surface area contributed by atoms with Crippen LogP contribution in [0.2, 0.25) is 0 Å². The molecule has 3 N–H and O–H groups in total. The van der Waals surface area contributed by atoms with E-state index in [0.717, 1.165) is 12.1 Å². The number of terminal acetylenes is 2. The Morgan fingerprint density at radius 3 is 2.24 bits per heavy atom. The fraction of sp³-hybridized carbons (Fsp3) is 0.511. The van der Waals surface area contributed by atoms with Crippen LogP contribution in [0.4, 0.5) is 13.2 Å². The number of hydrogen-bond acceptors (Lipinski definition) is 11. The molecule has 0 spiro atoms. The lowest BCUT2D eigenvalue weighted by Gasteiger charge is -2.20. The largest absolute Gasteiger partial charge is 0.491 e. The number of alkyl halides is 3. The molecule has 1 aliphatic rings. The molecule has 1 saturated carbocycles. The molecule has 2 aromatic rings. The second-order valence-electron chi connectivity index (χ2n) is 15.9. The van der Waals surface area contributed by atoms with E-state index in [-0.39, 0.29) is 62.9 Å². The maximum Gasteiger partial charge on any atom is 0.416 e. The number of halogens is 3. The van der Waals surface area contributed by atoms with Gasteiger partial charge in [0.25, 0.3) is 0 Å². The Hall–Kier alpha value is -5.15. The Balaban J connectivity index is 1.58. The highest BCUT2D eigenvalue weighted by Crippen LogP contribution is 2.37. The quantitative estimate of drug-likeness (QED) is 0.0548. The zero-order valence-corrected chi connectivity index (χ0v) is 34.1. The second kappa shape index (κ2) is 21.7. The number of ether oxygens (including phenoxy) is 4. The van der Waals surface area contributed by atoms with Crippen LogP contribution < -0.4 is 9.47 Å². The third-order valence-corrected chi connectivity index (χ3v) is 9.72. The molecule has 1 heterocycles. The van der Waals surface area contributed by atoms with E-state index in [9.17, 15) is 42.9 Å². The minimum absolute atomic E-state index is 0.0103. The molecule has 11 nitrogen and oxygen atoms in total. The van der Waals surface area contributed by atoms with Crippen molar-refractivity contribution in [2.24, 2.45) is 22.7 Å². The average molecular weight is 826 g/mol. The van der Waals surface area contributed by atoms with Gasteiger partial charge in [-0.2, -0.15) is 13.2 Å². The Bertz CT molecular complexity index is 1910. The predicted octanol–water partition coefficient (Wildman–Crippen LogP) is 6.97. The van der Waals surface area contributed by atoms with E-state index in [4.69, 9.17) is 31.8 Å². The number of carbonyl (C=O) groups is 3. The molecule has 3 rings (SSSR count). The van der Waals surface area contributed by atoms with Crippen LogP contribution in [0.25, 0.3) is 0 Å². The first-order valence-electron chi connectivity index (χ1n) is 19.3. The Labute approximate surface area is 344 Å². The number of carbonyl (C=O) groups excluding carboxylic acids is 3. The fourth-order valence-corrected chi connectivity index (χ4v) is 6.19. The number of nitrogens with zero attached hydrogens (tertiary/aromatic N) is 1. The number of allylic oxidation sites excluding steroid dienone is 2. The second-order valence-corrected chi connectivity index (χ2v) is 15.9. The van der Waals surface area contributed by atoms with Crippen molar-refractivity contribution in [1.82, 2.24) is 4.98 Å². The normalized spacial score (nSPS) is 18.9. The van der Waals surface area contributed by atoms with Crippen LogP contribution in [0, 0.1) is 54.3 Å². The van der Waals surface area contributed by atoms with E-state index in [1.165, 1.54) is 24.4 Å². The van der Waals surface area contributed by atoms with Crippen LogP contribution in [-0.2, 0) is 43.2 Å². The van der Waals surface area contributed by atoms with Gasteiger partial charge in [0.05, 0.1) is 36.3 Å². The fourth-order valence-electron chi connectivity index (χ4n) is 6.19. The van der Waals surface area contributed by atoms with Crippen molar-refractivity contribution in [3.63, 3.8) is 0 Å². The van der Waals surface area contributed by atoms with Crippen molar-refractivity contribution < 1.29 is 61.8 Å². The minimum Gasteiger partial charge on any atom is -0.491 e. The molecule has 0 unspecified atom stereocenters. The molecule has 320 valence electrons. The molecular formula is C45H54F3NO10. The topological polar surface area (TPSA) is 162 Å². The number of aliphatic hydroxyl groups excluding tert-OH is 3. The van der Waals surface area contributed by atoms with E-state index in [2.05, 4.69) is 16.8 Å². The van der Waals surface area contributed by atoms with Crippen molar-refractivity contribution in [2.45, 2.75) is 117 Å². The number of aliphatic hydroxyl groups is 3. The lowest BCUT2D eigenvalue weighted by molar-refractivity contribution is -0.148. The van der Waals surface area contributed by atoms with E-state index >= 15 is 0 Å². The highest BCUT2D eigenvalue weighted by molar-refractivity contribution is 5.74. The standard InChI is InChI=1S/C45H54F3NO10/c1-8-43(4,5)23-40(54)57-26-30-25-49-29(3)42(36(30)28-58-41(55)24-44(6,7)9-2)59-39(53)18-13-11-10-12-17-34-35(38(52)22-37(34)51)20-19-32(50)27-56-33-16-14-15-31(21-33)45(46,47)48/h1-2,10,12,14-16,19-21,25,32,34-35,37-38,50-52H,11,13,17-18,22-24,26-28H2,3-7H3/b12-10-,20-19+/t32-,34-,35-,37+,38-/m1/s1. The van der Waals surface area contributed by atoms with E-state index in [1.807, 2.05) is 12.2 Å². The molecule has 0 bridgehead atoms. The summed E-state index contributed by atoms with van der Waals surface area (Å²) in [6.45, 7) is 7.64. The zero-order chi connectivity index (χ0) is 44.0. The van der Waals surface area contributed by atoms with Gasteiger partial charge in [-0.05, 0) is 78.0 Å². The summed E-state index contributed by atoms with van der Waals surface area (Å²) in [5.41, 5.74) is -1.35. The van der Waals surface area contributed by atoms with E-state index in [1.54, 1.807) is 40.7 Å². The molecule has 1 aliphatic carbocycles. The van der Waals surface area contributed by atoms with Crippen LogP contribution >= 0.6 is 0 Å². The number of hydrogen-bond donors (Lipinski definition) is 3. The van der Waals surface area contributed by atoms with Crippen LogP contribution in [0.15, 0.2) is 54.8 Å². The lowest BCUT2D eigenvalue weighted by Crippen LogP contribution is -2.21. The molecule has 59 heavy (non-hydrogen) atoms. The van der Waals surface area contributed by atoms with Crippen molar-refractivity contribution in [2.75, 3.05) is 6.61 Å². The van der Waals surface area contributed by atoms with Crippen LogP contribution in [-0.4, -0.2) is 63.1 Å². The summed E-state index contributed by atoms with van der Waals surface area (Å²) in [4.78, 5) is 42.6. The van der Waals surface area contributed by atoms with Gasteiger partial charge in [-0.3, -0.25) is 19.4 Å². The number of aromatic nitrogens is 1. The predicted molar refractivity (Wildman–Crippen MR) is 212 cm³/mol. The van der Waals surface area contributed by atoms with Crippen LogP contribution in [0.1, 0.15) is 95.0 Å². The van der Waals surface area contributed by atoms with Gasteiger partial charge >= 0.3 is 24.1 Å². The number of benzene rings is 1. The zero-order valence-electron chi connectivity index (χ0n) is 34.1. The van der Waals surface area contributed by atoms with Crippen molar-refractivity contribution in [3.05, 3.63) is 77.2 Å². The summed E-state index contributed by atoms with van der Waals surface area (Å²) in [6, 6.07) is 4.31. The van der Waals surface area contributed by atoms with Gasteiger partial charge in [0, 0.05) is 46.9 Å². The average Bonchev–Trinajstić information content (AvgIpc) is 3.44. The molecule has 0 radical (unpaired) electrons. The molecule has 1 aromatic carbocycles. The third kappa shape index (κ3) is 15.9. The number of unbranched alkanes of at least 4 members (excludes halogenated alkanes) is 1. The SMILES string of the molecule is C#CC(C)(C)CC(=O)OCc1cnc(C)c(OC(=O)CCC/C=C\C[C@@H]2[C@@H](/C=C/[C@@H](O)COc3cccc(C(F)(F)F)c3)[C@H](O)C[C@@H]2O)c1COC(=O)CC(C)(C)C#C. The number of esters is 3. The Morgan fingerprint density at radius 1 is 0.966 bits per heavy atom. The van der Waals surface area contributed by atoms with Gasteiger partial charge in [0.2, 0.25) is 0 Å². The smallest absolute Gasteiger partial charge is 0.416 e. The van der Waals surface area contributed by atoms with Gasteiger partial charge in [0.1, 0.15) is 31.7 Å². The summed E-state index contributed by atoms with van der Waals surface area (Å²) >= 11 is 0. The highest BCUT2D eigenvalue weighted by atomic mass is 19.4. The van der Waals surface area contributed by atoms with Crippen LogP contribution in [0.5, 0.6) is 11.5 Å². The van der Waals surface area contributed by atoms with Gasteiger partial charge in [-0.25, -0.2) is 0 Å². The third-order valence-electron chi connectivity index (χ3n) is 9.72. The highest BCUT2D eigenvalue weighted by Gasteiger charge is 2.39. The van der Waals surface area contributed by atoms with E-state index in [0.29, 0.717) is 36.1 Å². The summed E-state index contributed by atoms with van der Waals surface area (Å²) in [5.74, 6) is 2.51. The van der Waals surface area contributed by atoms with Crippen molar-refractivity contribution in [3.8, 4) is 36.2 Å². The first kappa shape index (κ1) is 48.2. The van der Waals surface area contributed by atoms with Crippen molar-refractivity contribution >= 4 is 17.9 Å². The van der Waals surface area contributed by atoms with Crippen molar-refractivity contribution in [1.29, 1.82) is 0 Å².